The van der Waals surface area contributed by atoms with Crippen molar-refractivity contribution >= 4 is 23.2 Å². The first-order valence-electron chi connectivity index (χ1n) is 6.95. The molecule has 4 nitrogen and oxygen atoms in total. The fourth-order valence-electron chi connectivity index (χ4n) is 2.13. The minimum atomic E-state index is -0.851. The van der Waals surface area contributed by atoms with Gasteiger partial charge in [0.2, 0.25) is 0 Å². The molecule has 0 spiro atoms. The zero-order valence-corrected chi connectivity index (χ0v) is 13.3. The lowest BCUT2D eigenvalue weighted by Gasteiger charge is -2.15. The van der Waals surface area contributed by atoms with Gasteiger partial charge in [0.1, 0.15) is 0 Å². The molecule has 1 atom stereocenters. The topological polar surface area (TPSA) is 66.4 Å². The Labute approximate surface area is 124 Å². The van der Waals surface area contributed by atoms with E-state index in [1.54, 1.807) is 0 Å². The molecule has 0 aliphatic carbocycles. The lowest BCUT2D eigenvalue weighted by molar-refractivity contribution is -0.142. The molecule has 0 aromatic carbocycles. The molecule has 0 radical (unpaired) electrons. The normalized spacial score (nSPS) is 12.4. The van der Waals surface area contributed by atoms with Crippen molar-refractivity contribution in [2.75, 3.05) is 6.54 Å². The highest BCUT2D eigenvalue weighted by atomic mass is 32.1. The molecule has 1 unspecified atom stereocenters. The van der Waals surface area contributed by atoms with Crippen LogP contribution in [0.5, 0.6) is 0 Å². The Kier molecular flexibility index (Phi) is 6.20. The maximum absolute atomic E-state index is 12.0. The van der Waals surface area contributed by atoms with Crippen LogP contribution in [0.15, 0.2) is 6.07 Å². The van der Waals surface area contributed by atoms with E-state index >= 15 is 0 Å². The number of carboxylic acids is 1. The van der Waals surface area contributed by atoms with Crippen LogP contribution in [0.3, 0.4) is 0 Å². The minimum Gasteiger partial charge on any atom is -0.481 e. The number of rotatable bonds is 7. The Bertz CT molecular complexity index is 479. The van der Waals surface area contributed by atoms with E-state index in [9.17, 15) is 9.59 Å². The van der Waals surface area contributed by atoms with Gasteiger partial charge in [-0.1, -0.05) is 20.8 Å². The number of aliphatic carboxylic acids is 1. The number of carbonyl (C=O) groups excluding carboxylic acids is 1. The molecule has 0 aliphatic rings. The predicted molar refractivity (Wildman–Crippen MR) is 81.3 cm³/mol. The molecular formula is C15H23NO3S. The summed E-state index contributed by atoms with van der Waals surface area (Å²) >= 11 is 1.46. The van der Waals surface area contributed by atoms with Gasteiger partial charge in [-0.05, 0) is 37.3 Å². The number of nitrogens with one attached hydrogen (secondary N) is 1. The van der Waals surface area contributed by atoms with Crippen LogP contribution in [0, 0.1) is 18.8 Å². The number of aryl methyl sites for hydroxylation is 2. The van der Waals surface area contributed by atoms with Crippen molar-refractivity contribution in [1.82, 2.24) is 5.32 Å². The van der Waals surface area contributed by atoms with E-state index in [4.69, 9.17) is 5.11 Å². The third-order valence-electron chi connectivity index (χ3n) is 3.24. The third kappa shape index (κ3) is 4.63. The number of amides is 1. The van der Waals surface area contributed by atoms with E-state index in [2.05, 4.69) is 12.2 Å². The predicted octanol–water partition coefficient (Wildman–Crippen LogP) is 3.10. The minimum absolute atomic E-state index is 0.173. The zero-order chi connectivity index (χ0) is 15.3. The van der Waals surface area contributed by atoms with E-state index in [-0.39, 0.29) is 12.5 Å². The van der Waals surface area contributed by atoms with E-state index in [1.165, 1.54) is 16.9 Å². The SMILES string of the molecule is CCc1cc(C(=O)NCC(CC(C)C)C(=O)O)sc1C. The molecule has 1 aromatic heterocycles. The number of hydrogen-bond donors (Lipinski definition) is 2. The van der Waals surface area contributed by atoms with E-state index in [1.807, 2.05) is 26.8 Å². The number of carboxylic acid groups (broad SMARTS) is 1. The Morgan fingerprint density at radius 1 is 1.40 bits per heavy atom. The molecule has 1 amide bonds. The van der Waals surface area contributed by atoms with Crippen molar-refractivity contribution in [3.05, 3.63) is 21.4 Å². The monoisotopic (exact) mass is 297 g/mol. The van der Waals surface area contributed by atoms with Gasteiger partial charge in [0, 0.05) is 11.4 Å². The molecule has 0 bridgehead atoms. The Morgan fingerprint density at radius 3 is 2.50 bits per heavy atom. The molecule has 5 heteroatoms. The summed E-state index contributed by atoms with van der Waals surface area (Å²) in [6.45, 7) is 8.20. The highest BCUT2D eigenvalue weighted by Crippen LogP contribution is 2.22. The average Bonchev–Trinajstić information content (AvgIpc) is 2.74. The average molecular weight is 297 g/mol. The molecule has 1 rings (SSSR count). The number of thiophene rings is 1. The molecule has 2 N–H and O–H groups in total. The lowest BCUT2D eigenvalue weighted by atomic mass is 9.97. The number of hydrogen-bond acceptors (Lipinski definition) is 3. The summed E-state index contributed by atoms with van der Waals surface area (Å²) < 4.78 is 0. The van der Waals surface area contributed by atoms with Gasteiger partial charge in [-0.25, -0.2) is 0 Å². The summed E-state index contributed by atoms with van der Waals surface area (Å²) in [4.78, 5) is 25.0. The summed E-state index contributed by atoms with van der Waals surface area (Å²) in [7, 11) is 0. The first-order chi connectivity index (χ1) is 9.35. The summed E-state index contributed by atoms with van der Waals surface area (Å²) in [6, 6.07) is 1.90. The maximum Gasteiger partial charge on any atom is 0.308 e. The first kappa shape index (κ1) is 16.7. The van der Waals surface area contributed by atoms with Gasteiger partial charge in [-0.15, -0.1) is 11.3 Å². The molecular weight excluding hydrogens is 274 g/mol. The first-order valence-corrected chi connectivity index (χ1v) is 7.77. The molecule has 1 aromatic rings. The van der Waals surface area contributed by atoms with Gasteiger partial charge in [0.05, 0.1) is 10.8 Å². The summed E-state index contributed by atoms with van der Waals surface area (Å²) in [5.41, 5.74) is 1.18. The van der Waals surface area contributed by atoms with Crippen molar-refractivity contribution in [3.8, 4) is 0 Å². The highest BCUT2D eigenvalue weighted by molar-refractivity contribution is 7.14. The van der Waals surface area contributed by atoms with Crippen molar-refractivity contribution in [1.29, 1.82) is 0 Å². The van der Waals surface area contributed by atoms with Crippen LogP contribution in [0.2, 0.25) is 0 Å². The van der Waals surface area contributed by atoms with Gasteiger partial charge >= 0.3 is 5.97 Å². The van der Waals surface area contributed by atoms with E-state index in [0.29, 0.717) is 17.2 Å². The van der Waals surface area contributed by atoms with Crippen LogP contribution in [-0.2, 0) is 11.2 Å². The fourth-order valence-corrected chi connectivity index (χ4v) is 3.16. The fraction of sp³-hybridized carbons (Fsp3) is 0.600. The van der Waals surface area contributed by atoms with Crippen molar-refractivity contribution in [2.24, 2.45) is 11.8 Å². The third-order valence-corrected chi connectivity index (χ3v) is 4.33. The molecule has 1 heterocycles. The molecule has 0 saturated carbocycles. The van der Waals surface area contributed by atoms with Gasteiger partial charge in [-0.2, -0.15) is 0 Å². The quantitative estimate of drug-likeness (QED) is 0.812. The van der Waals surface area contributed by atoms with Crippen molar-refractivity contribution < 1.29 is 14.7 Å². The smallest absolute Gasteiger partial charge is 0.308 e. The van der Waals surface area contributed by atoms with Crippen molar-refractivity contribution in [2.45, 2.75) is 40.5 Å². The van der Waals surface area contributed by atoms with Gasteiger partial charge in [0.25, 0.3) is 5.91 Å². The second-order valence-corrected chi connectivity index (χ2v) is 6.68. The Morgan fingerprint density at radius 2 is 2.05 bits per heavy atom. The Balaban J connectivity index is 2.62. The van der Waals surface area contributed by atoms with Crippen LogP contribution in [-0.4, -0.2) is 23.5 Å². The maximum atomic E-state index is 12.0. The van der Waals surface area contributed by atoms with Crippen LogP contribution < -0.4 is 5.32 Å². The molecule has 0 saturated heterocycles. The largest absolute Gasteiger partial charge is 0.481 e. The highest BCUT2D eigenvalue weighted by Gasteiger charge is 2.20. The molecule has 0 aliphatic heterocycles. The van der Waals surface area contributed by atoms with E-state index in [0.717, 1.165) is 11.3 Å². The Hall–Kier alpha value is -1.36. The second-order valence-electron chi connectivity index (χ2n) is 5.42. The summed E-state index contributed by atoms with van der Waals surface area (Å²) in [5, 5.41) is 11.9. The lowest BCUT2D eigenvalue weighted by Crippen LogP contribution is -2.33. The van der Waals surface area contributed by atoms with Crippen molar-refractivity contribution in [3.63, 3.8) is 0 Å². The number of carbonyl (C=O) groups is 2. The standard InChI is InChI=1S/C15H23NO3S/c1-5-11-7-13(20-10(11)4)14(17)16-8-12(15(18)19)6-9(2)3/h7,9,12H,5-6,8H2,1-4H3,(H,16,17)(H,18,19). The van der Waals surface area contributed by atoms with Gasteiger partial charge in [-0.3, -0.25) is 9.59 Å². The summed E-state index contributed by atoms with van der Waals surface area (Å²) in [6.07, 6.45) is 1.47. The van der Waals surface area contributed by atoms with Gasteiger partial charge in [0.15, 0.2) is 0 Å². The van der Waals surface area contributed by atoms with Crippen LogP contribution in [0.1, 0.15) is 47.3 Å². The van der Waals surface area contributed by atoms with Crippen LogP contribution >= 0.6 is 11.3 Å². The molecule has 112 valence electrons. The second kappa shape index (κ2) is 7.43. The molecule has 20 heavy (non-hydrogen) atoms. The molecule has 0 fully saturated rings. The summed E-state index contributed by atoms with van der Waals surface area (Å²) in [5.74, 6) is -1.25. The zero-order valence-electron chi connectivity index (χ0n) is 12.5. The van der Waals surface area contributed by atoms with Crippen LogP contribution in [0.25, 0.3) is 0 Å². The van der Waals surface area contributed by atoms with E-state index < -0.39 is 11.9 Å². The van der Waals surface area contributed by atoms with Crippen LogP contribution in [0.4, 0.5) is 0 Å². The van der Waals surface area contributed by atoms with Gasteiger partial charge < -0.3 is 10.4 Å².